The van der Waals surface area contributed by atoms with Crippen LogP contribution in [0.3, 0.4) is 0 Å². The molecule has 0 fully saturated rings. The minimum absolute atomic E-state index is 0.104. The van der Waals surface area contributed by atoms with Crippen molar-refractivity contribution in [1.29, 1.82) is 0 Å². The van der Waals surface area contributed by atoms with E-state index in [0.29, 0.717) is 11.4 Å². The lowest BCUT2D eigenvalue weighted by Crippen LogP contribution is -2.22. The minimum Gasteiger partial charge on any atom is -0.367 e. The molecule has 2 rings (SSSR count). The molecule has 0 atom stereocenters. The van der Waals surface area contributed by atoms with Crippen LogP contribution < -0.4 is 5.32 Å². The molecule has 0 saturated heterocycles. The van der Waals surface area contributed by atoms with Gasteiger partial charge in [0.2, 0.25) is 0 Å². The van der Waals surface area contributed by atoms with Gasteiger partial charge in [-0.25, -0.2) is 0 Å². The molecular formula is C10H12N4OS. The van der Waals surface area contributed by atoms with Crippen LogP contribution in [0.15, 0.2) is 18.5 Å². The summed E-state index contributed by atoms with van der Waals surface area (Å²) < 4.78 is 3.78. The maximum absolute atomic E-state index is 11.8. The Morgan fingerprint density at radius 1 is 1.62 bits per heavy atom. The Hall–Kier alpha value is -1.69. The molecule has 6 heteroatoms. The van der Waals surface area contributed by atoms with E-state index in [1.807, 2.05) is 25.4 Å². The molecule has 2 aromatic heterocycles. The molecule has 2 N–H and O–H groups in total. The number of hydrogen-bond donors (Lipinski definition) is 2. The van der Waals surface area contributed by atoms with Gasteiger partial charge in [-0.2, -0.15) is 0 Å². The van der Waals surface area contributed by atoms with E-state index in [4.69, 9.17) is 0 Å². The summed E-state index contributed by atoms with van der Waals surface area (Å²) >= 11 is 1.14. The van der Waals surface area contributed by atoms with Gasteiger partial charge < -0.3 is 10.3 Å². The zero-order chi connectivity index (χ0) is 11.4. The Morgan fingerprint density at radius 2 is 2.50 bits per heavy atom. The number of nitrogens with zero attached hydrogens (tertiary/aromatic N) is 2. The van der Waals surface area contributed by atoms with E-state index in [1.54, 1.807) is 0 Å². The van der Waals surface area contributed by atoms with E-state index in [9.17, 15) is 4.79 Å². The van der Waals surface area contributed by atoms with Gasteiger partial charge in [-0.3, -0.25) is 4.79 Å². The number of hydrogen-bond acceptors (Lipinski definition) is 4. The van der Waals surface area contributed by atoms with Gasteiger partial charge in [0.05, 0.1) is 5.69 Å². The molecule has 0 aromatic carbocycles. The Labute approximate surface area is 97.1 Å². The summed E-state index contributed by atoms with van der Waals surface area (Å²) in [6, 6.07) is 1.92. The molecule has 84 valence electrons. The second-order valence-electron chi connectivity index (χ2n) is 3.30. The normalized spacial score (nSPS) is 10.3. The van der Waals surface area contributed by atoms with Crippen LogP contribution in [-0.2, 0) is 13.0 Å². The molecule has 0 saturated carbocycles. The smallest absolute Gasteiger partial charge is 0.265 e. The van der Waals surface area contributed by atoms with Crippen molar-refractivity contribution in [2.75, 3.05) is 0 Å². The topological polar surface area (TPSA) is 70.7 Å². The quantitative estimate of drug-likeness (QED) is 0.842. The van der Waals surface area contributed by atoms with E-state index in [1.165, 1.54) is 0 Å². The molecule has 2 heterocycles. The highest BCUT2D eigenvalue weighted by Crippen LogP contribution is 2.11. The van der Waals surface area contributed by atoms with Crippen LogP contribution >= 0.6 is 11.5 Å². The zero-order valence-electron chi connectivity index (χ0n) is 8.86. The number of carbonyl (C=O) groups is 1. The number of amides is 1. The van der Waals surface area contributed by atoms with Gasteiger partial charge in [0.1, 0.15) is 4.88 Å². The van der Waals surface area contributed by atoms with Crippen molar-refractivity contribution in [2.24, 2.45) is 0 Å². The molecule has 0 aliphatic rings. The SMILES string of the molecule is CCc1nnsc1C(=O)NCc1cc[nH]c1. The first kappa shape index (κ1) is 10.8. The first-order chi connectivity index (χ1) is 7.81. The number of carbonyl (C=O) groups excluding carboxylic acids is 1. The molecule has 0 bridgehead atoms. The summed E-state index contributed by atoms with van der Waals surface area (Å²) in [5, 5.41) is 6.74. The lowest BCUT2D eigenvalue weighted by atomic mass is 10.3. The van der Waals surface area contributed by atoms with Gasteiger partial charge in [0.15, 0.2) is 0 Å². The Kier molecular flexibility index (Phi) is 3.31. The van der Waals surface area contributed by atoms with E-state index in [0.717, 1.165) is 29.2 Å². The minimum atomic E-state index is -0.104. The van der Waals surface area contributed by atoms with Crippen LogP contribution in [0.5, 0.6) is 0 Å². The number of aryl methyl sites for hydroxylation is 1. The van der Waals surface area contributed by atoms with Crippen LogP contribution in [0.2, 0.25) is 0 Å². The largest absolute Gasteiger partial charge is 0.367 e. The molecule has 2 aromatic rings. The summed E-state index contributed by atoms with van der Waals surface area (Å²) in [6.45, 7) is 2.48. The highest BCUT2D eigenvalue weighted by Gasteiger charge is 2.14. The van der Waals surface area contributed by atoms with Crippen LogP contribution in [-0.4, -0.2) is 20.5 Å². The van der Waals surface area contributed by atoms with Crippen molar-refractivity contribution in [3.05, 3.63) is 34.6 Å². The number of H-pyrrole nitrogens is 1. The molecule has 0 radical (unpaired) electrons. The fourth-order valence-corrected chi connectivity index (χ4v) is 2.01. The molecular weight excluding hydrogens is 224 g/mol. The number of aromatic amines is 1. The molecule has 1 amide bonds. The first-order valence-corrected chi connectivity index (χ1v) is 5.79. The van der Waals surface area contributed by atoms with Gasteiger partial charge in [0, 0.05) is 18.9 Å². The first-order valence-electron chi connectivity index (χ1n) is 5.02. The third kappa shape index (κ3) is 2.27. The monoisotopic (exact) mass is 236 g/mol. The Balaban J connectivity index is 1.98. The summed E-state index contributed by atoms with van der Waals surface area (Å²) in [5.74, 6) is -0.104. The summed E-state index contributed by atoms with van der Waals surface area (Å²) in [4.78, 5) is 15.3. The average molecular weight is 236 g/mol. The fourth-order valence-electron chi connectivity index (χ4n) is 1.34. The summed E-state index contributed by atoms with van der Waals surface area (Å²) in [6.07, 6.45) is 4.41. The van der Waals surface area contributed by atoms with E-state index < -0.39 is 0 Å². The predicted octanol–water partition coefficient (Wildman–Crippen LogP) is 1.36. The molecule has 16 heavy (non-hydrogen) atoms. The van der Waals surface area contributed by atoms with Gasteiger partial charge in [-0.15, -0.1) is 5.10 Å². The fraction of sp³-hybridized carbons (Fsp3) is 0.300. The van der Waals surface area contributed by atoms with Crippen molar-refractivity contribution in [2.45, 2.75) is 19.9 Å². The zero-order valence-corrected chi connectivity index (χ0v) is 9.67. The molecule has 0 spiro atoms. The lowest BCUT2D eigenvalue weighted by molar-refractivity contribution is 0.0954. The van der Waals surface area contributed by atoms with Gasteiger partial charge in [0.25, 0.3) is 5.91 Å². The standard InChI is InChI=1S/C10H12N4OS/c1-2-8-9(16-14-13-8)10(15)12-6-7-3-4-11-5-7/h3-5,11H,2,6H2,1H3,(H,12,15). The van der Waals surface area contributed by atoms with Crippen molar-refractivity contribution < 1.29 is 4.79 Å². The van der Waals surface area contributed by atoms with Gasteiger partial charge in [-0.1, -0.05) is 11.4 Å². The number of nitrogens with one attached hydrogen (secondary N) is 2. The van der Waals surface area contributed by atoms with E-state index >= 15 is 0 Å². The maximum atomic E-state index is 11.8. The Morgan fingerprint density at radius 3 is 3.19 bits per heavy atom. The summed E-state index contributed by atoms with van der Waals surface area (Å²) in [7, 11) is 0. The average Bonchev–Trinajstić information content (AvgIpc) is 2.96. The number of rotatable bonds is 4. The highest BCUT2D eigenvalue weighted by atomic mass is 32.1. The predicted molar refractivity (Wildman–Crippen MR) is 61.2 cm³/mol. The number of aromatic nitrogens is 3. The lowest BCUT2D eigenvalue weighted by Gasteiger charge is -2.01. The highest BCUT2D eigenvalue weighted by molar-refractivity contribution is 7.08. The third-order valence-electron chi connectivity index (χ3n) is 2.21. The van der Waals surface area contributed by atoms with Crippen molar-refractivity contribution >= 4 is 17.4 Å². The van der Waals surface area contributed by atoms with Crippen LogP contribution in [0.4, 0.5) is 0 Å². The maximum Gasteiger partial charge on any atom is 0.265 e. The third-order valence-corrected chi connectivity index (χ3v) is 2.98. The van der Waals surface area contributed by atoms with Gasteiger partial charge in [-0.05, 0) is 29.6 Å². The van der Waals surface area contributed by atoms with Gasteiger partial charge >= 0.3 is 0 Å². The van der Waals surface area contributed by atoms with Crippen LogP contribution in [0, 0.1) is 0 Å². The second kappa shape index (κ2) is 4.89. The molecule has 0 unspecified atom stereocenters. The van der Waals surface area contributed by atoms with Crippen LogP contribution in [0.1, 0.15) is 27.9 Å². The van der Waals surface area contributed by atoms with E-state index in [-0.39, 0.29) is 5.91 Å². The molecule has 5 nitrogen and oxygen atoms in total. The second-order valence-corrected chi connectivity index (χ2v) is 4.06. The summed E-state index contributed by atoms with van der Waals surface area (Å²) in [5.41, 5.74) is 1.81. The molecule has 0 aliphatic heterocycles. The van der Waals surface area contributed by atoms with Crippen LogP contribution in [0.25, 0.3) is 0 Å². The van der Waals surface area contributed by atoms with Crippen molar-refractivity contribution in [3.8, 4) is 0 Å². The van der Waals surface area contributed by atoms with Crippen molar-refractivity contribution in [1.82, 2.24) is 19.9 Å². The molecule has 0 aliphatic carbocycles. The Bertz CT molecular complexity index is 463. The van der Waals surface area contributed by atoms with E-state index in [2.05, 4.69) is 19.9 Å². The van der Waals surface area contributed by atoms with Crippen molar-refractivity contribution in [3.63, 3.8) is 0 Å².